The van der Waals surface area contributed by atoms with Gasteiger partial charge in [-0.25, -0.2) is 0 Å². The van der Waals surface area contributed by atoms with Crippen molar-refractivity contribution in [1.29, 1.82) is 5.41 Å². The molecular weight excluding hydrogens is 379 g/mol. The van der Waals surface area contributed by atoms with E-state index in [0.717, 1.165) is 41.8 Å². The van der Waals surface area contributed by atoms with Crippen LogP contribution in [0.5, 0.6) is 0 Å². The number of likely N-dealkylation sites (tertiary alicyclic amines) is 1. The zero-order valence-electron chi connectivity index (χ0n) is 17.1. The molecule has 152 valence electrons. The normalized spacial score (nSPS) is 23.6. The van der Waals surface area contributed by atoms with Crippen molar-refractivity contribution in [3.63, 3.8) is 0 Å². The summed E-state index contributed by atoms with van der Waals surface area (Å²) in [5.74, 6) is 0.723. The van der Waals surface area contributed by atoms with Gasteiger partial charge in [-0.1, -0.05) is 33.7 Å². The van der Waals surface area contributed by atoms with Crippen molar-refractivity contribution in [2.75, 3.05) is 32.0 Å². The van der Waals surface area contributed by atoms with Gasteiger partial charge in [0.1, 0.15) is 0 Å². The second kappa shape index (κ2) is 8.64. The predicted octanol–water partition coefficient (Wildman–Crippen LogP) is 4.10. The lowest BCUT2D eigenvalue weighted by Gasteiger charge is -2.37. The van der Waals surface area contributed by atoms with Crippen molar-refractivity contribution in [1.82, 2.24) is 9.80 Å². The highest BCUT2D eigenvalue weighted by Crippen LogP contribution is 2.45. The number of fused-ring (bicyclic) bond motifs is 1. The first-order valence-corrected chi connectivity index (χ1v) is 11.5. The smallest absolute Gasteiger partial charge is 0.252 e. The molecule has 0 aromatic heterocycles. The van der Waals surface area contributed by atoms with Gasteiger partial charge in [0.05, 0.1) is 5.78 Å². The van der Waals surface area contributed by atoms with Crippen LogP contribution in [0.1, 0.15) is 30.9 Å². The Morgan fingerprint density at radius 2 is 2.10 bits per heavy atom. The van der Waals surface area contributed by atoms with Gasteiger partial charge in [-0.2, -0.15) is 0 Å². The van der Waals surface area contributed by atoms with Gasteiger partial charge in [0.25, 0.3) is 5.91 Å². The SMILES string of the molecule is CCN1CCC(C2=CN3C(=O)C=C(c4ccc(NC)c(C=N)c4)PC3C=C2)CC1. The highest BCUT2D eigenvalue weighted by molar-refractivity contribution is 7.51. The lowest BCUT2D eigenvalue weighted by Crippen LogP contribution is -2.38. The standard InChI is InChI=1S/C23H29N4OP/c1-3-26-10-8-16(9-11-26)18-5-7-23-27(15-18)22(28)13-21(29-23)17-4-6-20(25-2)19(12-17)14-24/h4-7,12-16,23-25,29H,3,8-11H2,1-2H3. The van der Waals surface area contributed by atoms with Crippen LogP contribution in [-0.4, -0.2) is 54.4 Å². The zero-order chi connectivity index (χ0) is 20.4. The van der Waals surface area contributed by atoms with Gasteiger partial charge in [-0.3, -0.25) is 4.79 Å². The first kappa shape index (κ1) is 20.1. The van der Waals surface area contributed by atoms with E-state index in [4.69, 9.17) is 5.41 Å². The van der Waals surface area contributed by atoms with Gasteiger partial charge < -0.3 is 20.5 Å². The lowest BCUT2D eigenvalue weighted by atomic mass is 9.88. The van der Waals surface area contributed by atoms with Gasteiger partial charge in [0.15, 0.2) is 0 Å². The number of carbonyl (C=O) groups excluding carboxylic acids is 1. The Balaban J connectivity index is 1.53. The predicted molar refractivity (Wildman–Crippen MR) is 123 cm³/mol. The van der Waals surface area contributed by atoms with Crippen molar-refractivity contribution in [3.8, 4) is 0 Å². The second-order valence-electron chi connectivity index (χ2n) is 7.79. The summed E-state index contributed by atoms with van der Waals surface area (Å²) in [7, 11) is 2.36. The molecule has 5 nitrogen and oxygen atoms in total. The Labute approximate surface area is 174 Å². The van der Waals surface area contributed by atoms with Crippen LogP contribution < -0.4 is 5.32 Å². The van der Waals surface area contributed by atoms with E-state index >= 15 is 0 Å². The molecule has 0 aliphatic carbocycles. The number of rotatable bonds is 5. The van der Waals surface area contributed by atoms with Gasteiger partial charge in [-0.15, -0.1) is 0 Å². The molecule has 29 heavy (non-hydrogen) atoms. The Bertz CT molecular complexity index is 896. The first-order chi connectivity index (χ1) is 14.1. The molecule has 3 aliphatic rings. The number of allylic oxidation sites excluding steroid dienone is 2. The van der Waals surface area contributed by atoms with E-state index < -0.39 is 0 Å². The van der Waals surface area contributed by atoms with Crippen molar-refractivity contribution in [2.45, 2.75) is 25.5 Å². The summed E-state index contributed by atoms with van der Waals surface area (Å²) in [6.07, 6.45) is 12.1. The molecule has 0 bridgehead atoms. The molecule has 3 heterocycles. The van der Waals surface area contributed by atoms with Crippen molar-refractivity contribution in [2.24, 2.45) is 5.92 Å². The molecule has 0 saturated carbocycles. The molecule has 1 fully saturated rings. The maximum atomic E-state index is 12.9. The summed E-state index contributed by atoms with van der Waals surface area (Å²) in [5.41, 5.74) is 4.10. The summed E-state index contributed by atoms with van der Waals surface area (Å²) < 4.78 is 0. The van der Waals surface area contributed by atoms with E-state index in [1.165, 1.54) is 24.6 Å². The van der Waals surface area contributed by atoms with E-state index in [9.17, 15) is 4.79 Å². The van der Waals surface area contributed by atoms with Gasteiger partial charge in [0, 0.05) is 36.8 Å². The topological polar surface area (TPSA) is 59.4 Å². The third-order valence-electron chi connectivity index (χ3n) is 6.18. The molecule has 0 radical (unpaired) electrons. The van der Waals surface area contributed by atoms with Crippen molar-refractivity contribution < 1.29 is 4.79 Å². The summed E-state index contributed by atoms with van der Waals surface area (Å²) in [5, 5.41) is 11.8. The molecule has 6 heteroatoms. The zero-order valence-corrected chi connectivity index (χ0v) is 18.1. The van der Waals surface area contributed by atoms with E-state index in [0.29, 0.717) is 14.5 Å². The second-order valence-corrected chi connectivity index (χ2v) is 9.20. The van der Waals surface area contributed by atoms with Crippen molar-refractivity contribution >= 4 is 31.7 Å². The molecule has 1 aromatic carbocycles. The number of benzene rings is 1. The minimum Gasteiger partial charge on any atom is -0.388 e. The Morgan fingerprint density at radius 1 is 1.31 bits per heavy atom. The number of carbonyl (C=O) groups is 1. The number of amides is 1. The molecule has 3 aliphatic heterocycles. The fourth-order valence-corrected chi connectivity index (χ4v) is 5.75. The highest BCUT2D eigenvalue weighted by Gasteiger charge is 2.30. The Morgan fingerprint density at radius 3 is 2.79 bits per heavy atom. The summed E-state index contributed by atoms with van der Waals surface area (Å²) in [6.45, 7) is 5.64. The number of nitrogens with one attached hydrogen (secondary N) is 2. The van der Waals surface area contributed by atoms with E-state index in [1.54, 1.807) is 6.08 Å². The van der Waals surface area contributed by atoms with Crippen LogP contribution >= 0.6 is 8.58 Å². The van der Waals surface area contributed by atoms with Gasteiger partial charge in [-0.05, 0) is 67.0 Å². The molecule has 2 unspecified atom stereocenters. The van der Waals surface area contributed by atoms with Crippen LogP contribution in [0.3, 0.4) is 0 Å². The molecule has 4 rings (SSSR count). The number of piperidine rings is 1. The Kier molecular flexibility index (Phi) is 5.98. The molecule has 2 N–H and O–H groups in total. The van der Waals surface area contributed by atoms with Gasteiger partial charge >= 0.3 is 0 Å². The minimum absolute atomic E-state index is 0.0608. The van der Waals surface area contributed by atoms with E-state index in [-0.39, 0.29) is 11.7 Å². The number of anilines is 1. The number of nitrogens with zero attached hydrogens (tertiary/aromatic N) is 2. The van der Waals surface area contributed by atoms with Crippen LogP contribution in [0.25, 0.3) is 5.31 Å². The maximum Gasteiger partial charge on any atom is 0.252 e. The molecule has 1 saturated heterocycles. The fraction of sp³-hybridized carbons (Fsp3) is 0.391. The summed E-state index contributed by atoms with van der Waals surface area (Å²) in [6, 6.07) is 6.01. The van der Waals surface area contributed by atoms with Crippen LogP contribution in [-0.2, 0) is 4.79 Å². The monoisotopic (exact) mass is 408 g/mol. The lowest BCUT2D eigenvalue weighted by molar-refractivity contribution is -0.123. The van der Waals surface area contributed by atoms with Crippen LogP contribution in [0.4, 0.5) is 5.69 Å². The third kappa shape index (κ3) is 4.08. The summed E-state index contributed by atoms with van der Waals surface area (Å²) in [4.78, 5) is 17.3. The Hall–Kier alpha value is -2.23. The van der Waals surface area contributed by atoms with Crippen LogP contribution in [0, 0.1) is 11.3 Å². The van der Waals surface area contributed by atoms with Crippen LogP contribution in [0.2, 0.25) is 0 Å². The van der Waals surface area contributed by atoms with E-state index in [1.807, 2.05) is 30.1 Å². The fourth-order valence-electron chi connectivity index (χ4n) is 4.36. The summed E-state index contributed by atoms with van der Waals surface area (Å²) >= 11 is 0. The average Bonchev–Trinajstić information content (AvgIpc) is 2.78. The molecule has 0 spiro atoms. The highest BCUT2D eigenvalue weighted by atomic mass is 31.1. The molecular formula is C23H29N4OP. The number of hydrogen-bond acceptors (Lipinski definition) is 4. The minimum atomic E-state index is 0.0608. The largest absolute Gasteiger partial charge is 0.388 e. The maximum absolute atomic E-state index is 12.9. The third-order valence-corrected chi connectivity index (χ3v) is 7.69. The number of hydrogen-bond donors (Lipinski definition) is 2. The van der Waals surface area contributed by atoms with Crippen molar-refractivity contribution in [3.05, 3.63) is 59.3 Å². The first-order valence-electron chi connectivity index (χ1n) is 10.4. The molecule has 2 atom stereocenters. The van der Waals surface area contributed by atoms with Crippen LogP contribution in [0.15, 0.2) is 48.2 Å². The quantitative estimate of drug-likeness (QED) is 0.570. The van der Waals surface area contributed by atoms with E-state index in [2.05, 4.69) is 35.5 Å². The average molecular weight is 408 g/mol. The van der Waals surface area contributed by atoms with Gasteiger partial charge in [0.2, 0.25) is 0 Å². The molecule has 1 amide bonds. The molecule has 1 aromatic rings.